The lowest BCUT2D eigenvalue weighted by molar-refractivity contribution is -0.140. The Kier molecular flexibility index (Phi) is 6.79. The molecule has 0 saturated carbocycles. The molecule has 0 radical (unpaired) electrons. The Morgan fingerprint density at radius 1 is 1.12 bits per heavy atom. The molecule has 0 saturated heterocycles. The van der Waals surface area contributed by atoms with Crippen LogP contribution in [0.4, 0.5) is 13.2 Å². The van der Waals surface area contributed by atoms with E-state index in [9.17, 15) is 18.0 Å². The molecule has 8 heteroatoms. The molecule has 1 atom stereocenters. The number of carbonyl (C=O) groups excluding carboxylic acids is 1. The third kappa shape index (κ3) is 5.41. The zero-order valence-corrected chi connectivity index (χ0v) is 15.1. The predicted octanol–water partition coefficient (Wildman–Crippen LogP) is 4.43. The monoisotopic (exact) mass is 465 g/mol. The van der Waals surface area contributed by atoms with Crippen LogP contribution < -0.4 is 5.73 Å². The predicted molar refractivity (Wildman–Crippen MR) is 93.9 cm³/mol. The number of primary amides is 1. The van der Waals surface area contributed by atoms with Crippen molar-refractivity contribution in [3.63, 3.8) is 0 Å². The van der Waals surface area contributed by atoms with E-state index >= 15 is 0 Å². The fraction of sp³-hybridized carbons (Fsp3) is 0.235. The van der Waals surface area contributed by atoms with E-state index in [2.05, 4.69) is 0 Å². The summed E-state index contributed by atoms with van der Waals surface area (Å²) < 4.78 is 49.9. The number of halogens is 4. The molecule has 134 valence electrons. The summed E-state index contributed by atoms with van der Waals surface area (Å²) in [5, 5.41) is 0. The number of benzene rings is 2. The second-order valence-electron chi connectivity index (χ2n) is 5.07. The third-order valence-corrected chi connectivity index (χ3v) is 3.72. The largest absolute Gasteiger partial charge is 0.416 e. The van der Waals surface area contributed by atoms with Crippen molar-refractivity contribution >= 4 is 28.5 Å². The molecular formula is C17H15F3INO3. The number of rotatable bonds is 7. The Morgan fingerprint density at radius 3 is 2.36 bits per heavy atom. The Balaban J connectivity index is 2.31. The molecule has 0 aliphatic rings. The number of hydrogen-bond donors (Lipinski definition) is 1. The highest BCUT2D eigenvalue weighted by atomic mass is 127. The first-order valence-electron chi connectivity index (χ1n) is 7.17. The lowest BCUT2D eigenvalue weighted by Crippen LogP contribution is -2.20. The lowest BCUT2D eigenvalue weighted by atomic mass is 10.0. The van der Waals surface area contributed by atoms with E-state index < -0.39 is 23.9 Å². The van der Waals surface area contributed by atoms with E-state index in [0.29, 0.717) is 6.07 Å². The molecule has 0 fully saturated rings. The normalized spacial score (nSPS) is 12.8. The van der Waals surface area contributed by atoms with E-state index in [4.69, 9.17) is 15.2 Å². The SMILES string of the molecule is NC(=O)c1cc(C(F)(F)F)ccc1C(OCI)OCc1ccccc1. The topological polar surface area (TPSA) is 61.6 Å². The quantitative estimate of drug-likeness (QED) is 0.374. The Hall–Kier alpha value is -1.65. The van der Waals surface area contributed by atoms with E-state index in [1.807, 2.05) is 52.9 Å². The smallest absolute Gasteiger partial charge is 0.366 e. The molecule has 0 aliphatic carbocycles. The first-order valence-corrected chi connectivity index (χ1v) is 8.69. The first kappa shape index (κ1) is 19.7. The Morgan fingerprint density at radius 2 is 1.80 bits per heavy atom. The molecule has 0 bridgehead atoms. The molecule has 25 heavy (non-hydrogen) atoms. The minimum absolute atomic E-state index is 0.160. The van der Waals surface area contributed by atoms with Crippen LogP contribution in [0, 0.1) is 0 Å². The van der Waals surface area contributed by atoms with Gasteiger partial charge in [-0.15, -0.1) is 0 Å². The van der Waals surface area contributed by atoms with Gasteiger partial charge in [-0.05, 0) is 17.7 Å². The average molecular weight is 465 g/mol. The molecule has 2 N–H and O–H groups in total. The maximum atomic E-state index is 12.9. The second kappa shape index (κ2) is 8.63. The van der Waals surface area contributed by atoms with E-state index in [-0.39, 0.29) is 22.3 Å². The maximum absolute atomic E-state index is 12.9. The summed E-state index contributed by atoms with van der Waals surface area (Å²) in [7, 11) is 0. The first-order chi connectivity index (χ1) is 11.8. The average Bonchev–Trinajstić information content (AvgIpc) is 2.58. The zero-order chi connectivity index (χ0) is 18.4. The molecule has 0 aromatic heterocycles. The number of amides is 1. The minimum atomic E-state index is -4.58. The number of hydrogen-bond acceptors (Lipinski definition) is 3. The van der Waals surface area contributed by atoms with Crippen molar-refractivity contribution in [1.82, 2.24) is 0 Å². The summed E-state index contributed by atoms with van der Waals surface area (Å²) in [5.74, 6) is -0.980. The van der Waals surface area contributed by atoms with Gasteiger partial charge >= 0.3 is 6.18 Å². The summed E-state index contributed by atoms with van der Waals surface area (Å²) in [5.41, 5.74) is 5.03. The van der Waals surface area contributed by atoms with Gasteiger partial charge in [-0.1, -0.05) is 59.0 Å². The van der Waals surface area contributed by atoms with Crippen LogP contribution >= 0.6 is 22.6 Å². The molecule has 4 nitrogen and oxygen atoms in total. The molecule has 2 rings (SSSR count). The highest BCUT2D eigenvalue weighted by molar-refractivity contribution is 14.1. The zero-order valence-electron chi connectivity index (χ0n) is 12.9. The Labute approximate surface area is 156 Å². The lowest BCUT2D eigenvalue weighted by Gasteiger charge is -2.21. The number of nitrogens with two attached hydrogens (primary N) is 1. The molecule has 0 heterocycles. The third-order valence-electron chi connectivity index (χ3n) is 3.36. The van der Waals surface area contributed by atoms with Crippen LogP contribution in [0.25, 0.3) is 0 Å². The van der Waals surface area contributed by atoms with Gasteiger partial charge in [0.1, 0.15) is 4.61 Å². The number of carbonyl (C=O) groups is 1. The molecule has 0 aliphatic heterocycles. The highest BCUT2D eigenvalue weighted by Crippen LogP contribution is 2.33. The fourth-order valence-electron chi connectivity index (χ4n) is 2.18. The fourth-order valence-corrected chi connectivity index (χ4v) is 2.51. The van der Waals surface area contributed by atoms with Crippen LogP contribution in [0.15, 0.2) is 48.5 Å². The van der Waals surface area contributed by atoms with Gasteiger partial charge in [0.15, 0.2) is 6.29 Å². The number of ether oxygens (including phenoxy) is 2. The summed E-state index contributed by atoms with van der Waals surface area (Å²) in [6, 6.07) is 11.9. The van der Waals surface area contributed by atoms with Crippen molar-refractivity contribution in [1.29, 1.82) is 0 Å². The maximum Gasteiger partial charge on any atom is 0.416 e. The van der Waals surface area contributed by atoms with Crippen molar-refractivity contribution < 1.29 is 27.4 Å². The van der Waals surface area contributed by atoms with Crippen LogP contribution in [-0.2, 0) is 22.3 Å². The van der Waals surface area contributed by atoms with Gasteiger partial charge in [0, 0.05) is 11.1 Å². The van der Waals surface area contributed by atoms with Gasteiger partial charge < -0.3 is 15.2 Å². The van der Waals surface area contributed by atoms with E-state index in [0.717, 1.165) is 17.7 Å². The van der Waals surface area contributed by atoms with Crippen molar-refractivity contribution in [2.45, 2.75) is 19.1 Å². The highest BCUT2D eigenvalue weighted by Gasteiger charge is 2.32. The van der Waals surface area contributed by atoms with E-state index in [1.54, 1.807) is 0 Å². The molecule has 2 aromatic rings. The van der Waals surface area contributed by atoms with Crippen molar-refractivity contribution in [2.24, 2.45) is 5.73 Å². The van der Waals surface area contributed by atoms with Crippen LogP contribution in [-0.4, -0.2) is 10.5 Å². The minimum Gasteiger partial charge on any atom is -0.366 e. The molecular weight excluding hydrogens is 450 g/mol. The standard InChI is InChI=1S/C17H15F3INO3/c18-17(19,20)12-6-7-13(14(8-12)15(22)23)16(25-10-21)24-9-11-4-2-1-3-5-11/h1-8,16H,9-10H2,(H2,22,23). The summed E-state index contributed by atoms with van der Waals surface area (Å²) in [6.45, 7) is 0.168. The molecule has 1 unspecified atom stereocenters. The van der Waals surface area contributed by atoms with Crippen LogP contribution in [0.2, 0.25) is 0 Å². The van der Waals surface area contributed by atoms with Crippen molar-refractivity contribution in [3.05, 3.63) is 70.8 Å². The molecule has 0 spiro atoms. The summed E-state index contributed by atoms with van der Waals surface area (Å²) in [6.07, 6.45) is -5.59. The van der Waals surface area contributed by atoms with Crippen molar-refractivity contribution in [3.8, 4) is 0 Å². The second-order valence-corrected chi connectivity index (χ2v) is 5.69. The van der Waals surface area contributed by atoms with Gasteiger partial charge in [0.05, 0.1) is 12.2 Å². The van der Waals surface area contributed by atoms with Gasteiger partial charge in [0.25, 0.3) is 0 Å². The Bertz CT molecular complexity index is 723. The van der Waals surface area contributed by atoms with Gasteiger partial charge in [-0.25, -0.2) is 0 Å². The molecule has 1 amide bonds. The van der Waals surface area contributed by atoms with Crippen LogP contribution in [0.5, 0.6) is 0 Å². The summed E-state index contributed by atoms with van der Waals surface area (Å²) >= 11 is 1.93. The van der Waals surface area contributed by atoms with Gasteiger partial charge in [-0.3, -0.25) is 4.79 Å². The van der Waals surface area contributed by atoms with Gasteiger partial charge in [0.2, 0.25) is 5.91 Å². The van der Waals surface area contributed by atoms with Gasteiger partial charge in [-0.2, -0.15) is 13.2 Å². The van der Waals surface area contributed by atoms with Crippen LogP contribution in [0.3, 0.4) is 0 Å². The number of alkyl halides is 4. The van der Waals surface area contributed by atoms with Crippen LogP contribution in [0.1, 0.15) is 33.3 Å². The molecule has 2 aromatic carbocycles. The summed E-state index contributed by atoms with van der Waals surface area (Å²) in [4.78, 5) is 11.6. The van der Waals surface area contributed by atoms with Crippen molar-refractivity contribution in [2.75, 3.05) is 4.61 Å². The van der Waals surface area contributed by atoms with E-state index in [1.165, 1.54) is 0 Å².